The number of rotatable bonds is 10. The van der Waals surface area contributed by atoms with Crippen molar-refractivity contribution in [3.05, 3.63) is 59.7 Å². The highest BCUT2D eigenvalue weighted by Gasteiger charge is 2.15. The van der Waals surface area contributed by atoms with Crippen molar-refractivity contribution in [1.29, 1.82) is 0 Å². The van der Waals surface area contributed by atoms with Crippen molar-refractivity contribution in [3.63, 3.8) is 0 Å². The van der Waals surface area contributed by atoms with Crippen molar-refractivity contribution in [3.8, 4) is 11.5 Å². The highest BCUT2D eigenvalue weighted by molar-refractivity contribution is 5.78. The fraction of sp³-hybridized carbons (Fsp3) is 0.333. The molecule has 0 heterocycles. The highest BCUT2D eigenvalue weighted by atomic mass is 16.5. The lowest BCUT2D eigenvalue weighted by Gasteiger charge is -2.23. The van der Waals surface area contributed by atoms with Crippen molar-refractivity contribution in [2.24, 2.45) is 0 Å². The second kappa shape index (κ2) is 10.2. The lowest BCUT2D eigenvalue weighted by atomic mass is 10.2. The summed E-state index contributed by atoms with van der Waals surface area (Å²) in [6, 6.07) is 15.0. The van der Waals surface area contributed by atoms with E-state index < -0.39 is 5.97 Å². The van der Waals surface area contributed by atoms with Crippen LogP contribution in [-0.4, -0.2) is 42.1 Å². The molecule has 0 bridgehead atoms. The number of hydrogen-bond donors (Lipinski definition) is 1. The van der Waals surface area contributed by atoms with Gasteiger partial charge in [-0.1, -0.05) is 30.3 Å². The number of benzene rings is 2. The van der Waals surface area contributed by atoms with Gasteiger partial charge < -0.3 is 19.5 Å². The molecule has 2 rings (SSSR count). The van der Waals surface area contributed by atoms with E-state index in [1.54, 1.807) is 24.1 Å². The standard InChI is InChI=1S/C21H25NO5/c1-16-13-18(10-11-19(16)26-2)27-15-20(23)22(12-6-9-21(24)25)14-17-7-4-3-5-8-17/h3-5,7-8,10-11,13H,6,9,12,14-15H2,1-2H3,(H,24,25). The van der Waals surface area contributed by atoms with E-state index in [4.69, 9.17) is 14.6 Å². The van der Waals surface area contributed by atoms with E-state index in [-0.39, 0.29) is 18.9 Å². The zero-order valence-corrected chi connectivity index (χ0v) is 15.7. The number of aryl methyl sites for hydroxylation is 1. The molecule has 144 valence electrons. The summed E-state index contributed by atoms with van der Waals surface area (Å²) in [4.78, 5) is 25.0. The molecular formula is C21H25NO5. The zero-order valence-electron chi connectivity index (χ0n) is 15.7. The summed E-state index contributed by atoms with van der Waals surface area (Å²) in [6.07, 6.45) is 0.423. The van der Waals surface area contributed by atoms with Crippen LogP contribution in [0.1, 0.15) is 24.0 Å². The summed E-state index contributed by atoms with van der Waals surface area (Å²) < 4.78 is 10.8. The Morgan fingerprint density at radius 1 is 1.11 bits per heavy atom. The number of amides is 1. The van der Waals surface area contributed by atoms with Crippen LogP contribution < -0.4 is 9.47 Å². The fourth-order valence-electron chi connectivity index (χ4n) is 2.69. The minimum absolute atomic E-state index is 0.0249. The number of hydrogen-bond acceptors (Lipinski definition) is 4. The van der Waals surface area contributed by atoms with E-state index in [1.807, 2.05) is 43.3 Å². The molecule has 0 radical (unpaired) electrons. The number of carboxylic acids is 1. The van der Waals surface area contributed by atoms with Gasteiger partial charge in [-0.25, -0.2) is 0 Å². The van der Waals surface area contributed by atoms with Crippen LogP contribution in [0.3, 0.4) is 0 Å². The van der Waals surface area contributed by atoms with E-state index >= 15 is 0 Å². The lowest BCUT2D eigenvalue weighted by Crippen LogP contribution is -2.35. The van der Waals surface area contributed by atoms with E-state index in [2.05, 4.69) is 0 Å². The number of nitrogens with zero attached hydrogens (tertiary/aromatic N) is 1. The Kier molecular flexibility index (Phi) is 7.67. The maximum Gasteiger partial charge on any atom is 0.303 e. The molecule has 0 aliphatic heterocycles. The first kappa shape index (κ1) is 20.3. The summed E-state index contributed by atoms with van der Waals surface area (Å²) in [6.45, 7) is 2.59. The monoisotopic (exact) mass is 371 g/mol. The number of carboxylic acid groups (broad SMARTS) is 1. The van der Waals surface area contributed by atoms with Crippen molar-refractivity contribution >= 4 is 11.9 Å². The Balaban J connectivity index is 1.99. The molecular weight excluding hydrogens is 346 g/mol. The highest BCUT2D eigenvalue weighted by Crippen LogP contribution is 2.23. The normalized spacial score (nSPS) is 10.3. The first-order valence-electron chi connectivity index (χ1n) is 8.80. The van der Waals surface area contributed by atoms with Crippen LogP contribution in [0.25, 0.3) is 0 Å². The first-order chi connectivity index (χ1) is 13.0. The van der Waals surface area contributed by atoms with Crippen LogP contribution >= 0.6 is 0 Å². The SMILES string of the molecule is COc1ccc(OCC(=O)N(CCCC(=O)O)Cc2ccccc2)cc1C. The van der Waals surface area contributed by atoms with Crippen molar-refractivity contribution in [1.82, 2.24) is 4.90 Å². The van der Waals surface area contributed by atoms with Gasteiger partial charge in [0.05, 0.1) is 7.11 Å². The predicted octanol–water partition coefficient (Wildman–Crippen LogP) is 3.28. The summed E-state index contributed by atoms with van der Waals surface area (Å²) in [5.74, 6) is 0.296. The first-order valence-corrected chi connectivity index (χ1v) is 8.80. The summed E-state index contributed by atoms with van der Waals surface area (Å²) in [5, 5.41) is 8.84. The Hall–Kier alpha value is -3.02. The average molecular weight is 371 g/mol. The van der Waals surface area contributed by atoms with Gasteiger partial charge in [-0.2, -0.15) is 0 Å². The van der Waals surface area contributed by atoms with Crippen LogP contribution in [0.15, 0.2) is 48.5 Å². The quantitative estimate of drug-likeness (QED) is 0.694. The maximum absolute atomic E-state index is 12.6. The van der Waals surface area contributed by atoms with Gasteiger partial charge in [-0.05, 0) is 42.7 Å². The fourth-order valence-corrected chi connectivity index (χ4v) is 2.69. The summed E-state index contributed by atoms with van der Waals surface area (Å²) >= 11 is 0. The number of aliphatic carboxylic acids is 1. The largest absolute Gasteiger partial charge is 0.496 e. The molecule has 2 aromatic rings. The van der Waals surface area contributed by atoms with Gasteiger partial charge in [-0.15, -0.1) is 0 Å². The third-order valence-corrected chi connectivity index (χ3v) is 4.12. The summed E-state index contributed by atoms with van der Waals surface area (Å²) in [5.41, 5.74) is 1.91. The van der Waals surface area contributed by atoms with Gasteiger partial charge in [-0.3, -0.25) is 9.59 Å². The molecule has 2 aromatic carbocycles. The third-order valence-electron chi connectivity index (χ3n) is 4.12. The predicted molar refractivity (Wildman–Crippen MR) is 102 cm³/mol. The van der Waals surface area contributed by atoms with Crippen molar-refractivity contribution in [2.45, 2.75) is 26.3 Å². The summed E-state index contributed by atoms with van der Waals surface area (Å²) in [7, 11) is 1.60. The molecule has 0 aliphatic rings. The Labute approximate surface area is 159 Å². The number of carbonyl (C=O) groups is 2. The van der Waals surface area contributed by atoms with Crippen LogP contribution in [0.5, 0.6) is 11.5 Å². The molecule has 1 N–H and O–H groups in total. The van der Waals surface area contributed by atoms with Crippen LogP contribution in [-0.2, 0) is 16.1 Å². The minimum Gasteiger partial charge on any atom is -0.496 e. The maximum atomic E-state index is 12.6. The van der Waals surface area contributed by atoms with Crippen LogP contribution in [0.4, 0.5) is 0 Å². The van der Waals surface area contributed by atoms with Crippen LogP contribution in [0.2, 0.25) is 0 Å². The van der Waals surface area contributed by atoms with Gasteiger partial charge in [0.2, 0.25) is 0 Å². The number of carbonyl (C=O) groups excluding carboxylic acids is 1. The van der Waals surface area contributed by atoms with E-state index in [1.165, 1.54) is 0 Å². The second-order valence-corrected chi connectivity index (χ2v) is 6.22. The number of ether oxygens (including phenoxy) is 2. The van der Waals surface area contributed by atoms with Crippen molar-refractivity contribution < 1.29 is 24.2 Å². The molecule has 0 spiro atoms. The molecule has 27 heavy (non-hydrogen) atoms. The molecule has 6 nitrogen and oxygen atoms in total. The smallest absolute Gasteiger partial charge is 0.303 e. The molecule has 0 aliphatic carbocycles. The molecule has 1 amide bonds. The third kappa shape index (κ3) is 6.66. The van der Waals surface area contributed by atoms with Gasteiger partial charge in [0.1, 0.15) is 11.5 Å². The average Bonchev–Trinajstić information content (AvgIpc) is 2.66. The minimum atomic E-state index is -0.868. The van der Waals surface area contributed by atoms with Crippen molar-refractivity contribution in [2.75, 3.05) is 20.3 Å². The van der Waals surface area contributed by atoms with E-state index in [9.17, 15) is 9.59 Å². The molecule has 0 saturated carbocycles. The van der Waals surface area contributed by atoms with Gasteiger partial charge >= 0.3 is 5.97 Å². The Morgan fingerprint density at radius 2 is 1.85 bits per heavy atom. The Morgan fingerprint density at radius 3 is 2.48 bits per heavy atom. The van der Waals surface area contributed by atoms with Gasteiger partial charge in [0.25, 0.3) is 5.91 Å². The second-order valence-electron chi connectivity index (χ2n) is 6.22. The molecule has 0 saturated heterocycles. The molecule has 6 heteroatoms. The topological polar surface area (TPSA) is 76.1 Å². The van der Waals surface area contributed by atoms with E-state index in [0.717, 1.165) is 16.9 Å². The van der Waals surface area contributed by atoms with Gasteiger partial charge in [0, 0.05) is 19.5 Å². The molecule has 0 atom stereocenters. The van der Waals surface area contributed by atoms with Gasteiger partial charge in [0.15, 0.2) is 6.61 Å². The molecule has 0 aromatic heterocycles. The number of methoxy groups -OCH3 is 1. The van der Waals surface area contributed by atoms with Crippen LogP contribution in [0, 0.1) is 6.92 Å². The lowest BCUT2D eigenvalue weighted by molar-refractivity contribution is -0.138. The molecule has 0 unspecified atom stereocenters. The zero-order chi connectivity index (χ0) is 19.6. The molecule has 0 fully saturated rings. The van der Waals surface area contributed by atoms with E-state index in [0.29, 0.717) is 25.3 Å². The Bertz CT molecular complexity index is 760.